The molecule has 1 aromatic rings. The lowest BCUT2D eigenvalue weighted by atomic mass is 10.0. The molecule has 142 valence electrons. The van der Waals surface area contributed by atoms with E-state index in [0.717, 1.165) is 29.7 Å². The molecule has 5 nitrogen and oxygen atoms in total. The van der Waals surface area contributed by atoms with Gasteiger partial charge in [-0.25, -0.2) is 13.1 Å². The zero-order chi connectivity index (χ0) is 18.8. The number of hydrogen-bond donors (Lipinski definition) is 2. The molecule has 0 radical (unpaired) electrons. The second-order valence-electron chi connectivity index (χ2n) is 6.01. The average Bonchev–Trinajstić information content (AvgIpc) is 2.88. The molecule has 0 spiro atoms. The molecule has 2 N–H and O–H groups in total. The van der Waals surface area contributed by atoms with Crippen molar-refractivity contribution >= 4 is 15.6 Å². The first-order valence-electron chi connectivity index (χ1n) is 8.98. The first-order chi connectivity index (χ1) is 12.6. The van der Waals surface area contributed by atoms with Crippen LogP contribution in [0.25, 0.3) is 5.57 Å². The minimum absolute atomic E-state index is 0.139. The highest BCUT2D eigenvalue weighted by molar-refractivity contribution is 7.89. The predicted molar refractivity (Wildman–Crippen MR) is 104 cm³/mol. The van der Waals surface area contributed by atoms with Gasteiger partial charge in [0.05, 0.1) is 11.5 Å². The lowest BCUT2D eigenvalue weighted by Gasteiger charge is -2.09. The second kappa shape index (κ2) is 10.3. The van der Waals surface area contributed by atoms with Crippen LogP contribution in [0.2, 0.25) is 0 Å². The Hall–Kier alpha value is -1.89. The molecular formula is C20H27NO4S. The number of unbranched alkanes of at least 4 members (excludes halogenated alkanes) is 2. The molecule has 0 aromatic heterocycles. The van der Waals surface area contributed by atoms with Crippen molar-refractivity contribution in [2.75, 3.05) is 19.8 Å². The molecule has 0 amide bonds. The van der Waals surface area contributed by atoms with E-state index in [-0.39, 0.29) is 11.5 Å². The van der Waals surface area contributed by atoms with Gasteiger partial charge in [0.1, 0.15) is 5.76 Å². The number of aliphatic hydroxyl groups excluding tert-OH is 1. The van der Waals surface area contributed by atoms with E-state index in [1.165, 1.54) is 0 Å². The Kier molecular flexibility index (Phi) is 8.09. The van der Waals surface area contributed by atoms with Crippen LogP contribution in [-0.2, 0) is 14.8 Å². The summed E-state index contributed by atoms with van der Waals surface area (Å²) >= 11 is 0. The van der Waals surface area contributed by atoms with Crippen molar-refractivity contribution in [3.05, 3.63) is 59.9 Å². The molecule has 0 heterocycles. The third-order valence-corrected chi connectivity index (χ3v) is 5.52. The molecule has 0 atom stereocenters. The first kappa shape index (κ1) is 20.4. The van der Waals surface area contributed by atoms with Gasteiger partial charge in [-0.1, -0.05) is 24.3 Å². The summed E-state index contributed by atoms with van der Waals surface area (Å²) in [6.07, 6.45) is 10.9. The quantitative estimate of drug-likeness (QED) is 0.613. The number of ether oxygens (including phenoxy) is 1. The summed E-state index contributed by atoms with van der Waals surface area (Å²) < 4.78 is 32.7. The van der Waals surface area contributed by atoms with E-state index in [4.69, 9.17) is 9.84 Å². The van der Waals surface area contributed by atoms with E-state index in [0.29, 0.717) is 26.0 Å². The van der Waals surface area contributed by atoms with Crippen LogP contribution in [0.3, 0.4) is 0 Å². The van der Waals surface area contributed by atoms with Crippen LogP contribution in [0.4, 0.5) is 0 Å². The molecule has 1 aromatic carbocycles. The van der Waals surface area contributed by atoms with Crippen molar-refractivity contribution in [2.24, 2.45) is 0 Å². The molecule has 1 aliphatic rings. The van der Waals surface area contributed by atoms with Crippen LogP contribution in [-0.4, -0.2) is 33.3 Å². The van der Waals surface area contributed by atoms with Gasteiger partial charge in [0.2, 0.25) is 10.0 Å². The van der Waals surface area contributed by atoms with Crippen LogP contribution >= 0.6 is 0 Å². The summed E-state index contributed by atoms with van der Waals surface area (Å²) in [4.78, 5) is 0.263. The molecular weight excluding hydrogens is 350 g/mol. The van der Waals surface area contributed by atoms with E-state index in [2.05, 4.69) is 4.72 Å². The van der Waals surface area contributed by atoms with Crippen molar-refractivity contribution in [1.29, 1.82) is 0 Å². The van der Waals surface area contributed by atoms with Crippen LogP contribution in [0, 0.1) is 0 Å². The number of benzene rings is 1. The summed E-state index contributed by atoms with van der Waals surface area (Å²) in [5, 5.41) is 8.74. The Labute approximate surface area is 156 Å². The standard InChI is InChI=1S/C20H27NO4S/c1-2-25-19-8-6-7-17(9-12-19)18-10-13-20(14-11-18)26(23,24)21-15-4-3-5-16-22/h6,8-14,21-22H,2-5,7,15-16H2,1H3. The largest absolute Gasteiger partial charge is 0.494 e. The third kappa shape index (κ3) is 6.12. The van der Waals surface area contributed by atoms with Gasteiger partial charge in [-0.05, 0) is 68.0 Å². The van der Waals surface area contributed by atoms with Gasteiger partial charge in [-0.3, -0.25) is 0 Å². The molecule has 0 saturated heterocycles. The van der Waals surface area contributed by atoms with E-state index < -0.39 is 10.0 Å². The Morgan fingerprint density at radius 2 is 1.88 bits per heavy atom. The van der Waals surface area contributed by atoms with Crippen molar-refractivity contribution < 1.29 is 18.3 Å². The highest BCUT2D eigenvalue weighted by Crippen LogP contribution is 2.23. The van der Waals surface area contributed by atoms with Crippen LogP contribution in [0.5, 0.6) is 0 Å². The maximum Gasteiger partial charge on any atom is 0.240 e. The highest BCUT2D eigenvalue weighted by Gasteiger charge is 2.13. The highest BCUT2D eigenvalue weighted by atomic mass is 32.2. The Morgan fingerprint density at radius 1 is 1.12 bits per heavy atom. The number of nitrogens with one attached hydrogen (secondary N) is 1. The molecule has 0 unspecified atom stereocenters. The zero-order valence-electron chi connectivity index (χ0n) is 15.1. The van der Waals surface area contributed by atoms with Gasteiger partial charge in [0.25, 0.3) is 0 Å². The summed E-state index contributed by atoms with van der Waals surface area (Å²) in [6, 6.07) is 6.93. The van der Waals surface area contributed by atoms with Gasteiger partial charge in [0.15, 0.2) is 0 Å². The Morgan fingerprint density at radius 3 is 2.58 bits per heavy atom. The molecule has 0 bridgehead atoms. The van der Waals surface area contributed by atoms with Gasteiger partial charge < -0.3 is 9.84 Å². The summed E-state index contributed by atoms with van der Waals surface area (Å²) in [6.45, 7) is 3.09. The number of hydrogen-bond acceptors (Lipinski definition) is 4. The molecule has 0 aliphatic heterocycles. The fourth-order valence-corrected chi connectivity index (χ4v) is 3.71. The zero-order valence-corrected chi connectivity index (χ0v) is 16.0. The third-order valence-electron chi connectivity index (χ3n) is 4.04. The lowest BCUT2D eigenvalue weighted by molar-refractivity contribution is 0.242. The number of aliphatic hydroxyl groups is 1. The normalized spacial score (nSPS) is 14.5. The summed E-state index contributed by atoms with van der Waals surface area (Å²) in [5.74, 6) is 0.826. The maximum atomic E-state index is 12.3. The molecule has 0 saturated carbocycles. The molecule has 0 fully saturated rings. The fraction of sp³-hybridized carbons (Fsp3) is 0.400. The summed E-state index contributed by atoms with van der Waals surface area (Å²) in [5.41, 5.74) is 2.10. The maximum absolute atomic E-state index is 12.3. The minimum atomic E-state index is -3.50. The van der Waals surface area contributed by atoms with Crippen molar-refractivity contribution in [1.82, 2.24) is 4.72 Å². The van der Waals surface area contributed by atoms with Gasteiger partial charge >= 0.3 is 0 Å². The van der Waals surface area contributed by atoms with Gasteiger partial charge in [-0.2, -0.15) is 0 Å². The summed E-state index contributed by atoms with van der Waals surface area (Å²) in [7, 11) is -3.50. The number of allylic oxidation sites excluding steroid dienone is 5. The molecule has 6 heteroatoms. The van der Waals surface area contributed by atoms with Gasteiger partial charge in [0, 0.05) is 13.2 Å². The Bertz CT molecular complexity index is 762. The first-order valence-corrected chi connectivity index (χ1v) is 10.5. The van der Waals surface area contributed by atoms with E-state index in [9.17, 15) is 8.42 Å². The topological polar surface area (TPSA) is 75.6 Å². The number of rotatable bonds is 10. The molecule has 2 rings (SSSR count). The van der Waals surface area contributed by atoms with Crippen molar-refractivity contribution in [2.45, 2.75) is 37.5 Å². The smallest absolute Gasteiger partial charge is 0.240 e. The van der Waals surface area contributed by atoms with Crippen molar-refractivity contribution in [3.8, 4) is 0 Å². The minimum Gasteiger partial charge on any atom is -0.494 e. The SMILES string of the molecule is CCOC1=CC=C(c2ccc(S(=O)(=O)NCCCCCO)cc2)CC=C1. The lowest BCUT2D eigenvalue weighted by Crippen LogP contribution is -2.24. The van der Waals surface area contributed by atoms with E-state index in [1.54, 1.807) is 12.1 Å². The van der Waals surface area contributed by atoms with Crippen molar-refractivity contribution in [3.63, 3.8) is 0 Å². The fourth-order valence-electron chi connectivity index (χ4n) is 2.64. The Balaban J connectivity index is 2.02. The second-order valence-corrected chi connectivity index (χ2v) is 7.77. The van der Waals surface area contributed by atoms with Crippen LogP contribution in [0.1, 0.15) is 38.2 Å². The van der Waals surface area contributed by atoms with Crippen LogP contribution < -0.4 is 4.72 Å². The molecule has 26 heavy (non-hydrogen) atoms. The van der Waals surface area contributed by atoms with Gasteiger partial charge in [-0.15, -0.1) is 0 Å². The van der Waals surface area contributed by atoms with Crippen LogP contribution in [0.15, 0.2) is 59.2 Å². The molecule has 1 aliphatic carbocycles. The monoisotopic (exact) mass is 377 g/mol. The predicted octanol–water partition coefficient (Wildman–Crippen LogP) is 3.39. The van der Waals surface area contributed by atoms with E-state index >= 15 is 0 Å². The van der Waals surface area contributed by atoms with E-state index in [1.807, 2.05) is 43.4 Å². The number of sulfonamides is 1. The average molecular weight is 378 g/mol.